The van der Waals surface area contributed by atoms with Crippen molar-refractivity contribution in [3.05, 3.63) is 0 Å². The molecule has 0 rings (SSSR count). The summed E-state index contributed by atoms with van der Waals surface area (Å²) < 4.78 is 0.0567. The second-order valence-corrected chi connectivity index (χ2v) is 10.2. The molecule has 4 atom stereocenters. The first-order valence-corrected chi connectivity index (χ1v) is 10.2. The molecule has 7 heteroatoms. The van der Waals surface area contributed by atoms with E-state index >= 15 is 0 Å². The van der Waals surface area contributed by atoms with Crippen molar-refractivity contribution in [3.63, 3.8) is 0 Å². The van der Waals surface area contributed by atoms with E-state index in [4.69, 9.17) is 0 Å². The summed E-state index contributed by atoms with van der Waals surface area (Å²) >= 11 is 31.4. The molecule has 19 heavy (non-hydrogen) atoms. The van der Waals surface area contributed by atoms with Crippen molar-refractivity contribution in [1.29, 1.82) is 0 Å². The summed E-state index contributed by atoms with van der Waals surface area (Å²) in [5, 5.41) is 1.02. The van der Waals surface area contributed by atoms with E-state index in [-0.39, 0.29) is 14.4 Å². The Kier molecular flexibility index (Phi) is 13.5. The first kappa shape index (κ1) is 21.4. The Morgan fingerprint density at radius 2 is 1.26 bits per heavy atom. The Morgan fingerprint density at radius 1 is 0.737 bits per heavy atom. The van der Waals surface area contributed by atoms with E-state index in [1.807, 2.05) is 0 Å². The third kappa shape index (κ3) is 10.7. The zero-order valence-electron chi connectivity index (χ0n) is 11.1. The van der Waals surface area contributed by atoms with Gasteiger partial charge in [0.1, 0.15) is 0 Å². The lowest BCUT2D eigenvalue weighted by atomic mass is 9.96. The van der Waals surface area contributed by atoms with Gasteiger partial charge in [-0.2, -0.15) is 88.4 Å². The SMILES string of the molecule is CCC(S)CCC(S)CC(C(S)S)C(S)CC(S)S. The average molecular weight is 395 g/mol. The van der Waals surface area contributed by atoms with Gasteiger partial charge in [0.2, 0.25) is 0 Å². The van der Waals surface area contributed by atoms with Gasteiger partial charge in [0.15, 0.2) is 0 Å². The fraction of sp³-hybridized carbons (Fsp3) is 1.00. The molecule has 0 aliphatic heterocycles. The van der Waals surface area contributed by atoms with Crippen LogP contribution in [0, 0.1) is 5.92 Å². The van der Waals surface area contributed by atoms with Crippen molar-refractivity contribution in [2.45, 2.75) is 63.9 Å². The Balaban J connectivity index is 4.25. The number of thiol groups is 7. The third-order valence-electron chi connectivity index (χ3n) is 3.18. The van der Waals surface area contributed by atoms with Crippen molar-refractivity contribution in [1.82, 2.24) is 0 Å². The van der Waals surface area contributed by atoms with E-state index in [9.17, 15) is 0 Å². The molecule has 0 saturated carbocycles. The summed E-state index contributed by atoms with van der Waals surface area (Å²) in [6.45, 7) is 2.16. The van der Waals surface area contributed by atoms with Crippen LogP contribution in [0.4, 0.5) is 0 Å². The second kappa shape index (κ2) is 11.9. The predicted octanol–water partition coefficient (Wildman–Crippen LogP) is 4.84. The maximum Gasteiger partial charge on any atom is 0.0481 e. The molecule has 0 aromatic rings. The summed E-state index contributed by atoms with van der Waals surface area (Å²) in [7, 11) is 0. The van der Waals surface area contributed by atoms with Crippen molar-refractivity contribution < 1.29 is 0 Å². The first-order valence-electron chi connectivity index (χ1n) is 6.54. The molecular formula is C12H26S7. The second-order valence-electron chi connectivity index (χ2n) is 4.89. The van der Waals surface area contributed by atoms with Crippen LogP contribution in [0.2, 0.25) is 0 Å². The van der Waals surface area contributed by atoms with Gasteiger partial charge in [-0.05, 0) is 38.0 Å². The van der Waals surface area contributed by atoms with Crippen LogP contribution < -0.4 is 0 Å². The molecule has 0 aromatic heterocycles. The lowest BCUT2D eigenvalue weighted by Crippen LogP contribution is -2.26. The molecule has 0 amide bonds. The molecule has 0 spiro atoms. The first-order chi connectivity index (χ1) is 8.77. The van der Waals surface area contributed by atoms with Gasteiger partial charge >= 0.3 is 0 Å². The molecule has 0 N–H and O–H groups in total. The van der Waals surface area contributed by atoms with Gasteiger partial charge in [-0.15, -0.1) is 0 Å². The Labute approximate surface area is 157 Å². The largest absolute Gasteiger partial charge is 0.176 e. The lowest BCUT2D eigenvalue weighted by Gasteiger charge is -2.29. The lowest BCUT2D eigenvalue weighted by molar-refractivity contribution is 0.472. The molecule has 0 radical (unpaired) electrons. The topological polar surface area (TPSA) is 0 Å². The highest BCUT2D eigenvalue weighted by atomic mass is 32.2. The molecule has 4 unspecified atom stereocenters. The standard InChI is InChI=1S/C12H26S7/c1-2-7(13)3-4-8(14)5-9(12(18)19)10(15)6-11(16)17/h7-19H,2-6H2,1H3. The summed E-state index contributed by atoms with van der Waals surface area (Å²) in [6.07, 6.45) is 5.07. The Hall–Kier alpha value is 2.45. The zero-order chi connectivity index (χ0) is 15.0. The van der Waals surface area contributed by atoms with E-state index in [0.29, 0.717) is 16.4 Å². The van der Waals surface area contributed by atoms with Crippen LogP contribution in [0.3, 0.4) is 0 Å². The molecule has 116 valence electrons. The molecule has 0 aliphatic rings. The van der Waals surface area contributed by atoms with Crippen LogP contribution in [0.5, 0.6) is 0 Å². The van der Waals surface area contributed by atoms with Crippen molar-refractivity contribution >= 4 is 88.4 Å². The predicted molar refractivity (Wildman–Crippen MR) is 114 cm³/mol. The van der Waals surface area contributed by atoms with Gasteiger partial charge in [0, 0.05) is 24.9 Å². The summed E-state index contributed by atoms with van der Waals surface area (Å²) in [4.78, 5) is 0. The van der Waals surface area contributed by atoms with Crippen LogP contribution >= 0.6 is 88.4 Å². The van der Waals surface area contributed by atoms with Crippen LogP contribution in [-0.2, 0) is 0 Å². The fourth-order valence-corrected chi connectivity index (χ4v) is 4.65. The fourth-order valence-electron chi connectivity index (χ4n) is 1.89. The molecule has 0 heterocycles. The quantitative estimate of drug-likeness (QED) is 0.200. The minimum absolute atomic E-state index is 0.00976. The van der Waals surface area contributed by atoms with E-state index in [1.165, 1.54) is 0 Å². The van der Waals surface area contributed by atoms with Crippen molar-refractivity contribution in [3.8, 4) is 0 Å². The van der Waals surface area contributed by atoms with Gasteiger partial charge < -0.3 is 0 Å². The van der Waals surface area contributed by atoms with Gasteiger partial charge in [-0.25, -0.2) is 0 Å². The smallest absolute Gasteiger partial charge is 0.0481 e. The molecule has 0 aromatic carbocycles. The molecule has 0 fully saturated rings. The summed E-state index contributed by atoms with van der Waals surface area (Å²) in [6, 6.07) is 0. The minimum Gasteiger partial charge on any atom is -0.176 e. The molecule has 0 nitrogen and oxygen atoms in total. The highest BCUT2D eigenvalue weighted by molar-refractivity contribution is 7.99. The average Bonchev–Trinajstić information content (AvgIpc) is 2.31. The third-order valence-corrected chi connectivity index (χ3v) is 6.05. The molecule has 0 bridgehead atoms. The zero-order valence-corrected chi connectivity index (χ0v) is 17.4. The maximum atomic E-state index is 4.69. The van der Waals surface area contributed by atoms with Crippen LogP contribution in [-0.4, -0.2) is 24.9 Å². The van der Waals surface area contributed by atoms with Crippen LogP contribution in [0.1, 0.15) is 39.0 Å². The molecule has 0 saturated heterocycles. The highest BCUT2D eigenvalue weighted by Gasteiger charge is 2.26. The number of hydrogen-bond acceptors (Lipinski definition) is 7. The van der Waals surface area contributed by atoms with Gasteiger partial charge in [-0.3, -0.25) is 0 Å². The Bertz CT molecular complexity index is 222. The number of hydrogen-bond donors (Lipinski definition) is 7. The van der Waals surface area contributed by atoms with E-state index in [2.05, 4.69) is 95.3 Å². The van der Waals surface area contributed by atoms with Crippen molar-refractivity contribution in [2.24, 2.45) is 5.92 Å². The monoisotopic (exact) mass is 394 g/mol. The van der Waals surface area contributed by atoms with E-state index in [0.717, 1.165) is 32.1 Å². The van der Waals surface area contributed by atoms with Crippen LogP contribution in [0.25, 0.3) is 0 Å². The minimum atomic E-state index is 0.00976. The van der Waals surface area contributed by atoms with Gasteiger partial charge in [-0.1, -0.05) is 6.92 Å². The maximum absolute atomic E-state index is 4.69. The van der Waals surface area contributed by atoms with Gasteiger partial charge in [0.05, 0.1) is 0 Å². The highest BCUT2D eigenvalue weighted by Crippen LogP contribution is 2.33. The van der Waals surface area contributed by atoms with E-state index in [1.54, 1.807) is 0 Å². The van der Waals surface area contributed by atoms with E-state index < -0.39 is 0 Å². The van der Waals surface area contributed by atoms with Crippen LogP contribution in [0.15, 0.2) is 0 Å². The normalized spacial score (nSPS) is 18.6. The molecular weight excluding hydrogens is 369 g/mol. The van der Waals surface area contributed by atoms with Gasteiger partial charge in [0.25, 0.3) is 0 Å². The molecule has 0 aliphatic carbocycles. The van der Waals surface area contributed by atoms with Crippen molar-refractivity contribution in [2.75, 3.05) is 0 Å². The summed E-state index contributed by atoms with van der Waals surface area (Å²) in [5.74, 6) is 0.305. The summed E-state index contributed by atoms with van der Waals surface area (Å²) in [5.41, 5.74) is 0. The number of rotatable bonds is 10. The Morgan fingerprint density at radius 3 is 1.68 bits per heavy atom.